The molecule has 3 N–H and O–H groups in total. The van der Waals surface area contributed by atoms with Crippen LogP contribution in [0.25, 0.3) is 10.9 Å². The topological polar surface area (TPSA) is 74.4 Å². The van der Waals surface area contributed by atoms with Crippen molar-refractivity contribution in [1.29, 1.82) is 0 Å². The van der Waals surface area contributed by atoms with Gasteiger partial charge < -0.3 is 14.9 Å². The highest BCUT2D eigenvalue weighted by atomic mass is 16.5. The number of hydrogen-bond acceptors (Lipinski definition) is 4. The molecule has 0 radical (unpaired) electrons. The molecule has 0 saturated heterocycles. The van der Waals surface area contributed by atoms with Crippen molar-refractivity contribution in [2.75, 3.05) is 6.61 Å². The monoisotopic (exact) mass is 248 g/mol. The van der Waals surface area contributed by atoms with Gasteiger partial charge in [0.2, 0.25) is 0 Å². The zero-order valence-corrected chi connectivity index (χ0v) is 10.1. The van der Waals surface area contributed by atoms with Crippen molar-refractivity contribution in [3.8, 4) is 0 Å². The zero-order chi connectivity index (χ0) is 13.0. The lowest BCUT2D eigenvalue weighted by molar-refractivity contribution is -0.148. The first-order valence-corrected chi connectivity index (χ1v) is 5.87. The maximum Gasteiger partial charge on any atom is 0.325 e. The number of hydroxylamine groups is 1. The van der Waals surface area contributed by atoms with Gasteiger partial charge in [-0.2, -0.15) is 5.48 Å². The quantitative estimate of drug-likeness (QED) is 0.555. The molecular weight excluding hydrogens is 232 g/mol. The van der Waals surface area contributed by atoms with Gasteiger partial charge in [0, 0.05) is 23.5 Å². The zero-order valence-electron chi connectivity index (χ0n) is 10.1. The number of esters is 1. The fourth-order valence-electron chi connectivity index (χ4n) is 1.94. The van der Waals surface area contributed by atoms with Crippen molar-refractivity contribution in [3.05, 3.63) is 36.0 Å². The molecule has 0 aliphatic rings. The summed E-state index contributed by atoms with van der Waals surface area (Å²) in [4.78, 5) is 14.7. The van der Waals surface area contributed by atoms with Crippen LogP contribution in [-0.4, -0.2) is 28.8 Å². The standard InChI is InChI=1S/C13H16N2O3/c1-2-18-13(16)12(15-17)7-9-8-14-11-6-4-3-5-10(9)11/h3-6,8,12,14-15,17H,2,7H2,1H3. The van der Waals surface area contributed by atoms with E-state index in [0.29, 0.717) is 13.0 Å². The van der Waals surface area contributed by atoms with Crippen molar-refractivity contribution in [2.24, 2.45) is 0 Å². The number of aromatic nitrogens is 1. The van der Waals surface area contributed by atoms with Gasteiger partial charge in [0.15, 0.2) is 0 Å². The fraction of sp³-hybridized carbons (Fsp3) is 0.308. The van der Waals surface area contributed by atoms with Crippen molar-refractivity contribution in [1.82, 2.24) is 10.5 Å². The Balaban J connectivity index is 2.19. The van der Waals surface area contributed by atoms with Crippen LogP contribution in [0.1, 0.15) is 12.5 Å². The predicted octanol–water partition coefficient (Wildman–Crippen LogP) is 1.62. The van der Waals surface area contributed by atoms with Crippen LogP contribution < -0.4 is 5.48 Å². The third-order valence-corrected chi connectivity index (χ3v) is 2.83. The van der Waals surface area contributed by atoms with Gasteiger partial charge in [-0.1, -0.05) is 18.2 Å². The van der Waals surface area contributed by atoms with Crippen molar-refractivity contribution in [2.45, 2.75) is 19.4 Å². The molecule has 2 rings (SSSR count). The van der Waals surface area contributed by atoms with E-state index in [1.165, 1.54) is 0 Å². The summed E-state index contributed by atoms with van der Waals surface area (Å²) < 4.78 is 4.88. The van der Waals surface area contributed by atoms with Crippen molar-refractivity contribution >= 4 is 16.9 Å². The van der Waals surface area contributed by atoms with Crippen molar-refractivity contribution < 1.29 is 14.7 Å². The minimum Gasteiger partial charge on any atom is -0.465 e. The number of para-hydroxylation sites is 1. The smallest absolute Gasteiger partial charge is 0.325 e. The van der Waals surface area contributed by atoms with Gasteiger partial charge in [-0.05, 0) is 18.6 Å². The Morgan fingerprint density at radius 3 is 3.00 bits per heavy atom. The van der Waals surface area contributed by atoms with Gasteiger partial charge in [0.25, 0.3) is 0 Å². The van der Waals surface area contributed by atoms with Gasteiger partial charge in [0.1, 0.15) is 6.04 Å². The average Bonchev–Trinajstić information content (AvgIpc) is 2.79. The summed E-state index contributed by atoms with van der Waals surface area (Å²) >= 11 is 0. The van der Waals surface area contributed by atoms with Crippen LogP contribution in [0.4, 0.5) is 0 Å². The van der Waals surface area contributed by atoms with Crippen LogP contribution in [0.3, 0.4) is 0 Å². The normalized spacial score (nSPS) is 12.6. The van der Waals surface area contributed by atoms with E-state index >= 15 is 0 Å². The van der Waals surface area contributed by atoms with Crippen molar-refractivity contribution in [3.63, 3.8) is 0 Å². The molecule has 5 nitrogen and oxygen atoms in total. The molecule has 5 heteroatoms. The molecule has 1 aromatic carbocycles. The van der Waals surface area contributed by atoms with E-state index in [-0.39, 0.29) is 0 Å². The number of fused-ring (bicyclic) bond motifs is 1. The van der Waals surface area contributed by atoms with Crippen LogP contribution in [0, 0.1) is 0 Å². The second-order valence-electron chi connectivity index (χ2n) is 4.00. The molecule has 0 spiro atoms. The molecule has 2 aromatic rings. The molecule has 0 aliphatic carbocycles. The van der Waals surface area contributed by atoms with E-state index in [0.717, 1.165) is 16.5 Å². The molecule has 1 unspecified atom stereocenters. The molecule has 0 aliphatic heterocycles. The van der Waals surface area contributed by atoms with E-state index in [1.807, 2.05) is 35.9 Å². The number of carbonyl (C=O) groups excluding carboxylic acids is 1. The van der Waals surface area contributed by atoms with Gasteiger partial charge >= 0.3 is 5.97 Å². The van der Waals surface area contributed by atoms with Crippen LogP contribution in [0.15, 0.2) is 30.5 Å². The maximum absolute atomic E-state index is 11.6. The Bertz CT molecular complexity index is 536. The highest BCUT2D eigenvalue weighted by Gasteiger charge is 2.20. The van der Waals surface area contributed by atoms with Gasteiger partial charge in [-0.3, -0.25) is 4.79 Å². The number of rotatable bonds is 5. The Morgan fingerprint density at radius 2 is 2.28 bits per heavy atom. The lowest BCUT2D eigenvalue weighted by Crippen LogP contribution is -2.37. The van der Waals surface area contributed by atoms with E-state index in [9.17, 15) is 4.79 Å². The van der Waals surface area contributed by atoms with Crippen LogP contribution in [0.2, 0.25) is 0 Å². The molecule has 0 fully saturated rings. The van der Waals surface area contributed by atoms with E-state index in [2.05, 4.69) is 4.98 Å². The van der Waals surface area contributed by atoms with Crippen LogP contribution >= 0.6 is 0 Å². The SMILES string of the molecule is CCOC(=O)C(Cc1c[nH]c2ccccc12)NO. The molecule has 96 valence electrons. The lowest BCUT2D eigenvalue weighted by atomic mass is 10.1. The Labute approximate surface area is 105 Å². The highest BCUT2D eigenvalue weighted by Crippen LogP contribution is 2.19. The summed E-state index contributed by atoms with van der Waals surface area (Å²) in [5, 5.41) is 10.1. The van der Waals surface area contributed by atoms with Gasteiger partial charge in [-0.25, -0.2) is 0 Å². The summed E-state index contributed by atoms with van der Waals surface area (Å²) in [5.74, 6) is -0.453. The molecular formula is C13H16N2O3. The number of ether oxygens (including phenoxy) is 1. The Kier molecular flexibility index (Phi) is 3.96. The summed E-state index contributed by atoms with van der Waals surface area (Å²) in [5.41, 5.74) is 3.97. The largest absolute Gasteiger partial charge is 0.465 e. The van der Waals surface area contributed by atoms with Crippen LogP contribution in [-0.2, 0) is 16.0 Å². The molecule has 0 saturated carbocycles. The van der Waals surface area contributed by atoms with E-state index in [1.54, 1.807) is 6.92 Å². The number of carbonyl (C=O) groups is 1. The maximum atomic E-state index is 11.6. The summed E-state index contributed by atoms with van der Waals surface area (Å²) in [7, 11) is 0. The average molecular weight is 248 g/mol. The Hall–Kier alpha value is -1.85. The summed E-state index contributed by atoms with van der Waals surface area (Å²) in [6.07, 6.45) is 2.22. The minimum absolute atomic E-state index is 0.297. The predicted molar refractivity (Wildman–Crippen MR) is 67.3 cm³/mol. The molecule has 18 heavy (non-hydrogen) atoms. The number of hydrogen-bond donors (Lipinski definition) is 3. The van der Waals surface area contributed by atoms with Gasteiger partial charge in [0.05, 0.1) is 6.61 Å². The number of nitrogens with one attached hydrogen (secondary N) is 2. The fourth-order valence-corrected chi connectivity index (χ4v) is 1.94. The van der Waals surface area contributed by atoms with E-state index in [4.69, 9.17) is 9.94 Å². The first-order chi connectivity index (χ1) is 8.76. The molecule has 0 bridgehead atoms. The van der Waals surface area contributed by atoms with Crippen LogP contribution in [0.5, 0.6) is 0 Å². The first-order valence-electron chi connectivity index (χ1n) is 5.87. The first kappa shape index (κ1) is 12.6. The third-order valence-electron chi connectivity index (χ3n) is 2.83. The van der Waals surface area contributed by atoms with Gasteiger partial charge in [-0.15, -0.1) is 0 Å². The second kappa shape index (κ2) is 5.66. The number of aromatic amines is 1. The van der Waals surface area contributed by atoms with E-state index < -0.39 is 12.0 Å². The molecule has 1 heterocycles. The molecule has 1 atom stereocenters. The lowest BCUT2D eigenvalue weighted by Gasteiger charge is -2.12. The third kappa shape index (κ3) is 2.52. The molecule has 1 aromatic heterocycles. The summed E-state index contributed by atoms with van der Waals surface area (Å²) in [6, 6.07) is 7.07. The Morgan fingerprint density at radius 1 is 1.50 bits per heavy atom. The number of H-pyrrole nitrogens is 1. The number of benzene rings is 1. The molecule has 0 amide bonds. The minimum atomic E-state index is -0.746. The highest BCUT2D eigenvalue weighted by molar-refractivity contribution is 5.84. The summed E-state index contributed by atoms with van der Waals surface area (Å²) in [6.45, 7) is 2.03. The second-order valence-corrected chi connectivity index (χ2v) is 4.00.